The Balaban J connectivity index is 1.92. The van der Waals surface area contributed by atoms with E-state index in [-0.39, 0.29) is 24.5 Å². The standard InChI is InChI=1S/C14H22N4O3S/c1-3-13-16-6-11(22-13)14(20)18-4-5-21-10(8-18)7-17(2)9-12(15)19/h6,10H,3-5,7-9H2,1-2H3,(H2,15,19)/t10-/m0/s1. The van der Waals surface area contributed by atoms with Gasteiger partial charge in [-0.1, -0.05) is 6.92 Å². The number of carbonyl (C=O) groups is 2. The fraction of sp³-hybridized carbons (Fsp3) is 0.643. The molecule has 2 amide bonds. The number of hydrogen-bond acceptors (Lipinski definition) is 6. The van der Waals surface area contributed by atoms with Gasteiger partial charge in [-0.2, -0.15) is 0 Å². The first kappa shape index (κ1) is 16.9. The molecule has 0 unspecified atom stereocenters. The van der Waals surface area contributed by atoms with E-state index in [0.29, 0.717) is 31.1 Å². The van der Waals surface area contributed by atoms with Crippen LogP contribution >= 0.6 is 11.3 Å². The van der Waals surface area contributed by atoms with E-state index in [9.17, 15) is 9.59 Å². The van der Waals surface area contributed by atoms with Crippen molar-refractivity contribution in [3.8, 4) is 0 Å². The number of morpholine rings is 1. The molecular weight excluding hydrogens is 304 g/mol. The van der Waals surface area contributed by atoms with Crippen molar-refractivity contribution in [2.75, 3.05) is 39.8 Å². The SMILES string of the molecule is CCc1ncc(C(=O)N2CCO[C@@H](CN(C)CC(N)=O)C2)s1. The molecule has 0 saturated carbocycles. The number of aryl methyl sites for hydroxylation is 1. The number of rotatable bonds is 6. The second-order valence-electron chi connectivity index (χ2n) is 5.38. The highest BCUT2D eigenvalue weighted by atomic mass is 32.1. The summed E-state index contributed by atoms with van der Waals surface area (Å²) in [5, 5.41) is 0.967. The Labute approximate surface area is 134 Å². The Hall–Kier alpha value is -1.51. The van der Waals surface area contributed by atoms with Crippen molar-refractivity contribution in [1.29, 1.82) is 0 Å². The third-order valence-electron chi connectivity index (χ3n) is 3.43. The molecule has 1 aromatic rings. The van der Waals surface area contributed by atoms with Crippen molar-refractivity contribution in [2.24, 2.45) is 5.73 Å². The van der Waals surface area contributed by atoms with E-state index in [1.54, 1.807) is 11.1 Å². The van der Waals surface area contributed by atoms with Gasteiger partial charge in [0.2, 0.25) is 5.91 Å². The Morgan fingerprint density at radius 3 is 3.00 bits per heavy atom. The Kier molecular flexibility index (Phi) is 5.87. The van der Waals surface area contributed by atoms with Crippen LogP contribution in [0, 0.1) is 0 Å². The van der Waals surface area contributed by atoms with E-state index in [0.717, 1.165) is 11.4 Å². The second kappa shape index (κ2) is 7.66. The van der Waals surface area contributed by atoms with Crippen LogP contribution in [0.1, 0.15) is 21.6 Å². The molecule has 22 heavy (non-hydrogen) atoms. The molecule has 8 heteroatoms. The second-order valence-corrected chi connectivity index (χ2v) is 6.49. The van der Waals surface area contributed by atoms with Gasteiger partial charge < -0.3 is 15.4 Å². The van der Waals surface area contributed by atoms with Gasteiger partial charge in [-0.15, -0.1) is 11.3 Å². The largest absolute Gasteiger partial charge is 0.373 e. The highest BCUT2D eigenvalue weighted by Gasteiger charge is 2.27. The Bertz CT molecular complexity index is 534. The van der Waals surface area contributed by atoms with Gasteiger partial charge in [0.05, 0.1) is 30.5 Å². The van der Waals surface area contributed by atoms with Crippen molar-refractivity contribution in [2.45, 2.75) is 19.4 Å². The lowest BCUT2D eigenvalue weighted by atomic mass is 10.2. The number of aromatic nitrogens is 1. The molecule has 0 radical (unpaired) electrons. The number of amides is 2. The van der Waals surface area contributed by atoms with Gasteiger partial charge >= 0.3 is 0 Å². The minimum atomic E-state index is -0.372. The van der Waals surface area contributed by atoms with Crippen LogP contribution in [0.25, 0.3) is 0 Å². The molecule has 7 nitrogen and oxygen atoms in total. The van der Waals surface area contributed by atoms with E-state index in [1.807, 2.05) is 18.9 Å². The summed E-state index contributed by atoms with van der Waals surface area (Å²) in [6.07, 6.45) is 2.37. The third-order valence-corrected chi connectivity index (χ3v) is 4.56. The van der Waals surface area contributed by atoms with Crippen LogP contribution < -0.4 is 5.73 Å². The molecule has 0 spiro atoms. The van der Waals surface area contributed by atoms with Crippen LogP contribution in [0.15, 0.2) is 6.20 Å². The van der Waals surface area contributed by atoms with Crippen LogP contribution in [0.4, 0.5) is 0 Å². The number of hydrogen-bond donors (Lipinski definition) is 1. The van der Waals surface area contributed by atoms with E-state index < -0.39 is 0 Å². The van der Waals surface area contributed by atoms with Gasteiger partial charge in [-0.05, 0) is 13.5 Å². The quantitative estimate of drug-likeness (QED) is 0.792. The molecular formula is C14H22N4O3S. The summed E-state index contributed by atoms with van der Waals surface area (Å²) in [6, 6.07) is 0. The molecule has 2 rings (SSSR count). The summed E-state index contributed by atoms with van der Waals surface area (Å²) in [4.78, 5) is 31.9. The first-order valence-electron chi connectivity index (χ1n) is 7.32. The summed E-state index contributed by atoms with van der Waals surface area (Å²) in [7, 11) is 1.81. The fourth-order valence-corrected chi connectivity index (χ4v) is 3.25. The first-order chi connectivity index (χ1) is 10.5. The highest BCUT2D eigenvalue weighted by molar-refractivity contribution is 7.13. The van der Waals surface area contributed by atoms with E-state index >= 15 is 0 Å². The van der Waals surface area contributed by atoms with Gasteiger partial charge in [0.25, 0.3) is 5.91 Å². The topological polar surface area (TPSA) is 88.8 Å². The zero-order valence-electron chi connectivity index (χ0n) is 12.9. The summed E-state index contributed by atoms with van der Waals surface area (Å²) in [5.41, 5.74) is 5.17. The molecule has 0 bridgehead atoms. The van der Waals surface area contributed by atoms with Gasteiger partial charge in [0.1, 0.15) is 4.88 Å². The fourth-order valence-electron chi connectivity index (χ4n) is 2.42. The lowest BCUT2D eigenvalue weighted by Crippen LogP contribution is -2.49. The normalized spacial score (nSPS) is 18.7. The summed E-state index contributed by atoms with van der Waals surface area (Å²) in [6.45, 7) is 4.36. The van der Waals surface area contributed by atoms with E-state index in [1.165, 1.54) is 11.3 Å². The first-order valence-corrected chi connectivity index (χ1v) is 8.13. The van der Waals surface area contributed by atoms with Gasteiger partial charge in [0.15, 0.2) is 0 Å². The van der Waals surface area contributed by atoms with Gasteiger partial charge in [-0.3, -0.25) is 14.5 Å². The zero-order valence-corrected chi connectivity index (χ0v) is 13.8. The summed E-state index contributed by atoms with van der Waals surface area (Å²) in [5.74, 6) is -0.369. The summed E-state index contributed by atoms with van der Waals surface area (Å²) >= 11 is 1.44. The summed E-state index contributed by atoms with van der Waals surface area (Å²) < 4.78 is 5.67. The minimum absolute atomic E-state index is 0.00283. The molecule has 2 heterocycles. The number of carbonyl (C=O) groups excluding carboxylic acids is 2. The van der Waals surface area contributed by atoms with Crippen molar-refractivity contribution < 1.29 is 14.3 Å². The predicted molar refractivity (Wildman–Crippen MR) is 83.8 cm³/mol. The van der Waals surface area contributed by atoms with Crippen molar-refractivity contribution >= 4 is 23.2 Å². The van der Waals surface area contributed by atoms with Crippen LogP contribution in [0.5, 0.6) is 0 Å². The molecule has 0 aromatic carbocycles. The molecule has 1 atom stereocenters. The van der Waals surface area contributed by atoms with Gasteiger partial charge in [-0.25, -0.2) is 4.98 Å². The maximum atomic E-state index is 12.5. The number of likely N-dealkylation sites (N-methyl/N-ethyl adjacent to an activating group) is 1. The number of nitrogens with two attached hydrogens (primary N) is 1. The third kappa shape index (κ3) is 4.49. The van der Waals surface area contributed by atoms with E-state index in [4.69, 9.17) is 10.5 Å². The lowest BCUT2D eigenvalue weighted by Gasteiger charge is -2.34. The van der Waals surface area contributed by atoms with Crippen molar-refractivity contribution in [1.82, 2.24) is 14.8 Å². The molecule has 1 aromatic heterocycles. The molecule has 0 aliphatic carbocycles. The highest BCUT2D eigenvalue weighted by Crippen LogP contribution is 2.17. The molecule has 1 fully saturated rings. The number of ether oxygens (including phenoxy) is 1. The molecule has 2 N–H and O–H groups in total. The monoisotopic (exact) mass is 326 g/mol. The molecule has 1 aliphatic rings. The molecule has 122 valence electrons. The molecule has 1 saturated heterocycles. The average molecular weight is 326 g/mol. The van der Waals surface area contributed by atoms with E-state index in [2.05, 4.69) is 4.98 Å². The number of primary amides is 1. The minimum Gasteiger partial charge on any atom is -0.373 e. The number of nitrogens with zero attached hydrogens (tertiary/aromatic N) is 3. The Morgan fingerprint density at radius 1 is 1.59 bits per heavy atom. The van der Waals surface area contributed by atoms with Crippen LogP contribution in [0.2, 0.25) is 0 Å². The van der Waals surface area contributed by atoms with Gasteiger partial charge in [0, 0.05) is 19.6 Å². The average Bonchev–Trinajstić information content (AvgIpc) is 2.94. The van der Waals surface area contributed by atoms with Crippen LogP contribution in [-0.2, 0) is 16.0 Å². The van der Waals surface area contributed by atoms with Crippen LogP contribution in [0.3, 0.4) is 0 Å². The lowest BCUT2D eigenvalue weighted by molar-refractivity contribution is -0.119. The molecule has 1 aliphatic heterocycles. The Morgan fingerprint density at radius 2 is 2.36 bits per heavy atom. The van der Waals surface area contributed by atoms with Crippen molar-refractivity contribution in [3.63, 3.8) is 0 Å². The smallest absolute Gasteiger partial charge is 0.265 e. The van der Waals surface area contributed by atoms with Crippen LogP contribution in [-0.4, -0.2) is 72.5 Å². The maximum Gasteiger partial charge on any atom is 0.265 e. The zero-order chi connectivity index (χ0) is 16.1. The van der Waals surface area contributed by atoms with Crippen molar-refractivity contribution in [3.05, 3.63) is 16.1 Å². The number of thiazole rings is 1. The maximum absolute atomic E-state index is 12.5. The predicted octanol–water partition coefficient (Wildman–Crippen LogP) is -0.0364.